The van der Waals surface area contributed by atoms with E-state index in [2.05, 4.69) is 20.7 Å². The molecule has 0 spiro atoms. The number of aryl methyl sites for hydroxylation is 1. The number of tetrazole rings is 1. The summed E-state index contributed by atoms with van der Waals surface area (Å²) in [5, 5.41) is 22.9. The summed E-state index contributed by atoms with van der Waals surface area (Å²) in [7, 11) is 1.71. The van der Waals surface area contributed by atoms with Gasteiger partial charge in [-0.15, -0.1) is 5.10 Å². The normalized spacial score (nSPS) is 11.8. The van der Waals surface area contributed by atoms with Crippen molar-refractivity contribution >= 4 is 17.6 Å². The number of nitrogens with two attached hydrogens (primary N) is 1. The van der Waals surface area contributed by atoms with Crippen molar-refractivity contribution in [1.29, 1.82) is 0 Å². The topological polar surface area (TPSA) is 102 Å². The fraction of sp³-hybridized carbons (Fsp3) is 0.200. The van der Waals surface area contributed by atoms with Crippen molar-refractivity contribution in [2.45, 2.75) is 10.9 Å². The second-order valence-corrected chi connectivity index (χ2v) is 4.61. The van der Waals surface area contributed by atoms with Gasteiger partial charge in [0.25, 0.3) is 0 Å². The Labute approximate surface area is 112 Å². The first kappa shape index (κ1) is 13.3. The average Bonchev–Trinajstić information content (AvgIpc) is 2.82. The maximum Gasteiger partial charge on any atom is 0.209 e. The minimum atomic E-state index is -0.424. The second kappa shape index (κ2) is 5.65. The zero-order valence-corrected chi connectivity index (χ0v) is 10.8. The molecule has 19 heavy (non-hydrogen) atoms. The number of nitrogens with zero attached hydrogens (tertiary/aromatic N) is 5. The van der Waals surface area contributed by atoms with Gasteiger partial charge in [0, 0.05) is 18.4 Å². The fourth-order valence-electron chi connectivity index (χ4n) is 1.37. The molecule has 2 rings (SSSR count). The van der Waals surface area contributed by atoms with Gasteiger partial charge in [0.1, 0.15) is 5.82 Å². The number of thioether (sulfide) groups is 1. The van der Waals surface area contributed by atoms with Crippen molar-refractivity contribution in [2.24, 2.45) is 17.9 Å². The van der Waals surface area contributed by atoms with Crippen LogP contribution in [0.3, 0.4) is 0 Å². The van der Waals surface area contributed by atoms with Gasteiger partial charge in [-0.05, 0) is 22.1 Å². The van der Waals surface area contributed by atoms with E-state index in [1.165, 1.54) is 22.5 Å². The molecular formula is C10H11FN6OS. The Kier molecular flexibility index (Phi) is 3.95. The number of halogens is 1. The summed E-state index contributed by atoms with van der Waals surface area (Å²) in [5.74, 6) is -0.168. The molecule has 0 bridgehead atoms. The average molecular weight is 282 g/mol. The Hall–Kier alpha value is -2.16. The van der Waals surface area contributed by atoms with Crippen LogP contribution in [0.2, 0.25) is 0 Å². The summed E-state index contributed by atoms with van der Waals surface area (Å²) < 4.78 is 15.3. The fourth-order valence-corrected chi connectivity index (χ4v) is 2.20. The first-order chi connectivity index (χ1) is 9.11. The van der Waals surface area contributed by atoms with Crippen LogP contribution in [-0.4, -0.2) is 31.3 Å². The van der Waals surface area contributed by atoms with Crippen molar-refractivity contribution in [3.05, 3.63) is 35.1 Å². The number of hydrogen-bond donors (Lipinski definition) is 2. The number of rotatable bonds is 4. The standard InChI is InChI=1S/C10H11FN6OS/c1-17-10(13-15-16-17)19-5-7-3-2-6(4-8(7)11)9(12)14-18/h2-4,18H,5H2,1H3,(H2,12,14). The van der Waals surface area contributed by atoms with Crippen LogP contribution in [0.5, 0.6) is 0 Å². The Morgan fingerprint density at radius 1 is 1.58 bits per heavy atom. The Morgan fingerprint density at radius 2 is 2.37 bits per heavy atom. The minimum Gasteiger partial charge on any atom is -0.409 e. The van der Waals surface area contributed by atoms with Crippen LogP contribution in [0.25, 0.3) is 0 Å². The largest absolute Gasteiger partial charge is 0.409 e. The molecule has 100 valence electrons. The molecule has 9 heteroatoms. The number of aromatic nitrogens is 4. The molecule has 1 aromatic carbocycles. The molecule has 0 aliphatic rings. The smallest absolute Gasteiger partial charge is 0.209 e. The van der Waals surface area contributed by atoms with Gasteiger partial charge in [-0.3, -0.25) is 0 Å². The molecule has 0 atom stereocenters. The van der Waals surface area contributed by atoms with Crippen LogP contribution in [0.1, 0.15) is 11.1 Å². The number of benzene rings is 1. The highest BCUT2D eigenvalue weighted by Gasteiger charge is 2.09. The van der Waals surface area contributed by atoms with Gasteiger partial charge < -0.3 is 10.9 Å². The SMILES string of the molecule is Cn1nnnc1SCc1ccc(/C(N)=N/O)cc1F. The quantitative estimate of drug-likeness (QED) is 0.282. The van der Waals surface area contributed by atoms with Crippen molar-refractivity contribution in [3.63, 3.8) is 0 Å². The molecular weight excluding hydrogens is 271 g/mol. The molecule has 0 fully saturated rings. The third kappa shape index (κ3) is 2.99. The Balaban J connectivity index is 2.12. The molecule has 0 unspecified atom stereocenters. The lowest BCUT2D eigenvalue weighted by atomic mass is 10.1. The van der Waals surface area contributed by atoms with Gasteiger partial charge in [0.15, 0.2) is 5.84 Å². The number of oxime groups is 1. The molecule has 0 saturated heterocycles. The lowest BCUT2D eigenvalue weighted by Gasteiger charge is -2.04. The summed E-state index contributed by atoms with van der Waals surface area (Å²) in [5.41, 5.74) is 6.20. The lowest BCUT2D eigenvalue weighted by Crippen LogP contribution is -2.13. The second-order valence-electron chi connectivity index (χ2n) is 3.67. The summed E-state index contributed by atoms with van der Waals surface area (Å²) >= 11 is 1.32. The molecule has 2 aromatic rings. The van der Waals surface area contributed by atoms with Crippen LogP contribution in [0.4, 0.5) is 4.39 Å². The van der Waals surface area contributed by atoms with E-state index in [9.17, 15) is 4.39 Å². The molecule has 0 saturated carbocycles. The zero-order chi connectivity index (χ0) is 13.8. The Bertz CT molecular complexity index is 614. The summed E-state index contributed by atoms with van der Waals surface area (Å²) in [6.45, 7) is 0. The predicted molar refractivity (Wildman–Crippen MR) is 67.3 cm³/mol. The van der Waals surface area contributed by atoms with Gasteiger partial charge in [-0.1, -0.05) is 29.1 Å². The van der Waals surface area contributed by atoms with E-state index in [0.717, 1.165) is 0 Å². The third-order valence-electron chi connectivity index (χ3n) is 2.39. The summed E-state index contributed by atoms with van der Waals surface area (Å²) in [6.07, 6.45) is 0. The Morgan fingerprint density at radius 3 is 2.95 bits per heavy atom. The van der Waals surface area contributed by atoms with Crippen molar-refractivity contribution < 1.29 is 9.60 Å². The first-order valence-corrected chi connectivity index (χ1v) is 6.22. The first-order valence-electron chi connectivity index (χ1n) is 5.23. The van der Waals surface area contributed by atoms with Gasteiger partial charge in [-0.25, -0.2) is 9.07 Å². The predicted octanol–water partition coefficient (Wildman–Crippen LogP) is 0.736. The molecule has 1 heterocycles. The molecule has 3 N–H and O–H groups in total. The molecule has 7 nitrogen and oxygen atoms in total. The number of amidine groups is 1. The number of hydrogen-bond acceptors (Lipinski definition) is 6. The summed E-state index contributed by atoms with van der Waals surface area (Å²) in [4.78, 5) is 0. The monoisotopic (exact) mass is 282 g/mol. The third-order valence-corrected chi connectivity index (χ3v) is 3.45. The van der Waals surface area contributed by atoms with Crippen molar-refractivity contribution in [2.75, 3.05) is 0 Å². The maximum atomic E-state index is 13.8. The van der Waals surface area contributed by atoms with E-state index >= 15 is 0 Å². The van der Waals surface area contributed by atoms with Gasteiger partial charge >= 0.3 is 0 Å². The molecule has 0 aliphatic heterocycles. The van der Waals surface area contributed by atoms with Crippen LogP contribution in [0.15, 0.2) is 28.5 Å². The van der Waals surface area contributed by atoms with Gasteiger partial charge in [-0.2, -0.15) is 0 Å². The van der Waals surface area contributed by atoms with E-state index in [-0.39, 0.29) is 5.84 Å². The van der Waals surface area contributed by atoms with Gasteiger partial charge in [0.2, 0.25) is 5.16 Å². The lowest BCUT2D eigenvalue weighted by molar-refractivity contribution is 0.318. The van der Waals surface area contributed by atoms with Crippen LogP contribution < -0.4 is 5.73 Å². The zero-order valence-electron chi connectivity index (χ0n) is 9.99. The van der Waals surface area contributed by atoms with E-state index in [0.29, 0.717) is 22.0 Å². The molecule has 0 radical (unpaired) electrons. The van der Waals surface area contributed by atoms with E-state index in [1.54, 1.807) is 19.2 Å². The van der Waals surface area contributed by atoms with Gasteiger partial charge in [0.05, 0.1) is 0 Å². The highest BCUT2D eigenvalue weighted by atomic mass is 32.2. The van der Waals surface area contributed by atoms with Crippen LogP contribution >= 0.6 is 11.8 Å². The highest BCUT2D eigenvalue weighted by molar-refractivity contribution is 7.98. The van der Waals surface area contributed by atoms with E-state index in [1.807, 2.05) is 0 Å². The van der Waals surface area contributed by atoms with Crippen molar-refractivity contribution in [1.82, 2.24) is 20.2 Å². The van der Waals surface area contributed by atoms with Crippen molar-refractivity contribution in [3.8, 4) is 0 Å². The molecule has 0 aliphatic carbocycles. The highest BCUT2D eigenvalue weighted by Crippen LogP contribution is 2.21. The van der Waals surface area contributed by atoms with E-state index < -0.39 is 5.82 Å². The van der Waals surface area contributed by atoms with Crippen LogP contribution in [0, 0.1) is 5.82 Å². The molecule has 1 aromatic heterocycles. The summed E-state index contributed by atoms with van der Waals surface area (Å²) in [6, 6.07) is 4.39. The maximum absolute atomic E-state index is 13.8. The van der Waals surface area contributed by atoms with Crippen LogP contribution in [-0.2, 0) is 12.8 Å². The minimum absolute atomic E-state index is 0.129. The molecule has 0 amide bonds. The van der Waals surface area contributed by atoms with E-state index in [4.69, 9.17) is 10.9 Å².